The Morgan fingerprint density at radius 2 is 1.94 bits per heavy atom. The van der Waals surface area contributed by atoms with E-state index < -0.39 is 0 Å². The van der Waals surface area contributed by atoms with Crippen LogP contribution in [0, 0.1) is 12.8 Å². The molecule has 0 bridgehead atoms. The van der Waals surface area contributed by atoms with Gasteiger partial charge in [-0.25, -0.2) is 4.98 Å². The molecule has 0 spiro atoms. The summed E-state index contributed by atoms with van der Waals surface area (Å²) in [5.41, 5.74) is 3.36. The summed E-state index contributed by atoms with van der Waals surface area (Å²) >= 11 is 1.46. The second-order valence-electron chi connectivity index (χ2n) is 8.99. The number of aromatic nitrogens is 3. The highest BCUT2D eigenvalue weighted by atomic mass is 32.1. The fraction of sp³-hybridized carbons (Fsp3) is 0.385. The van der Waals surface area contributed by atoms with E-state index in [2.05, 4.69) is 10.3 Å². The maximum Gasteiger partial charge on any atom is 0.282 e. The van der Waals surface area contributed by atoms with E-state index in [9.17, 15) is 9.59 Å². The van der Waals surface area contributed by atoms with Gasteiger partial charge in [0.25, 0.3) is 11.8 Å². The van der Waals surface area contributed by atoms with Crippen molar-refractivity contribution in [1.82, 2.24) is 25.0 Å². The molecule has 182 valence electrons. The number of nitrogens with one attached hydrogen (secondary N) is 1. The van der Waals surface area contributed by atoms with Gasteiger partial charge < -0.3 is 15.0 Å². The molecule has 35 heavy (non-hydrogen) atoms. The van der Waals surface area contributed by atoms with Crippen LogP contribution in [-0.4, -0.2) is 64.8 Å². The molecule has 8 nitrogen and oxygen atoms in total. The topological polar surface area (TPSA) is 89.4 Å². The first kappa shape index (κ1) is 23.4. The molecule has 5 rings (SSSR count). The fourth-order valence-electron chi connectivity index (χ4n) is 4.66. The van der Waals surface area contributed by atoms with Crippen molar-refractivity contribution in [3.63, 3.8) is 0 Å². The van der Waals surface area contributed by atoms with Gasteiger partial charge in [-0.05, 0) is 55.5 Å². The molecule has 1 fully saturated rings. The van der Waals surface area contributed by atoms with E-state index in [0.717, 1.165) is 59.2 Å². The Labute approximate surface area is 207 Å². The van der Waals surface area contributed by atoms with Crippen molar-refractivity contribution in [2.45, 2.75) is 26.3 Å². The highest BCUT2D eigenvalue weighted by Gasteiger charge is 2.26. The second kappa shape index (κ2) is 10.1. The Kier molecular flexibility index (Phi) is 6.79. The Morgan fingerprint density at radius 1 is 1.14 bits per heavy atom. The number of methoxy groups -OCH3 is 1. The first-order chi connectivity index (χ1) is 17.0. The van der Waals surface area contributed by atoms with E-state index in [-0.39, 0.29) is 11.8 Å². The van der Waals surface area contributed by atoms with E-state index in [0.29, 0.717) is 29.6 Å². The van der Waals surface area contributed by atoms with Gasteiger partial charge in [0.2, 0.25) is 0 Å². The number of nitrogens with zero attached hydrogens (tertiary/aromatic N) is 4. The molecule has 1 aliphatic heterocycles. The molecule has 0 aliphatic carbocycles. The molecule has 2 aromatic carbocycles. The number of ether oxygens (including phenoxy) is 1. The zero-order valence-electron chi connectivity index (χ0n) is 20.0. The third kappa shape index (κ3) is 4.92. The maximum atomic E-state index is 13.0. The summed E-state index contributed by atoms with van der Waals surface area (Å²) < 4.78 is 8.04. The van der Waals surface area contributed by atoms with Crippen LogP contribution in [0.25, 0.3) is 21.1 Å². The summed E-state index contributed by atoms with van der Waals surface area (Å²) in [5, 5.41) is 9.19. The van der Waals surface area contributed by atoms with Crippen molar-refractivity contribution in [1.29, 1.82) is 0 Å². The van der Waals surface area contributed by atoms with Gasteiger partial charge in [0.05, 0.1) is 22.3 Å². The monoisotopic (exact) mass is 491 g/mol. The first-order valence-corrected chi connectivity index (χ1v) is 12.7. The van der Waals surface area contributed by atoms with Gasteiger partial charge in [-0.3, -0.25) is 14.3 Å². The van der Waals surface area contributed by atoms with Crippen LogP contribution in [0.4, 0.5) is 0 Å². The Morgan fingerprint density at radius 3 is 2.71 bits per heavy atom. The van der Waals surface area contributed by atoms with Gasteiger partial charge in [0, 0.05) is 50.4 Å². The molecule has 1 aliphatic rings. The molecule has 4 aromatic rings. The number of carbonyl (C=O) groups excluding carboxylic acids is 2. The zero-order valence-corrected chi connectivity index (χ0v) is 20.8. The van der Waals surface area contributed by atoms with Crippen molar-refractivity contribution < 1.29 is 14.3 Å². The largest absolute Gasteiger partial charge is 0.383 e. The number of fused-ring (bicyclic) bond motifs is 2. The number of carbonyl (C=O) groups is 2. The van der Waals surface area contributed by atoms with Crippen LogP contribution in [0.15, 0.2) is 42.6 Å². The lowest BCUT2D eigenvalue weighted by Crippen LogP contribution is -2.39. The first-order valence-electron chi connectivity index (χ1n) is 11.9. The molecule has 0 radical (unpaired) electrons. The summed E-state index contributed by atoms with van der Waals surface area (Å²) in [7, 11) is 1.61. The molecule has 2 amide bonds. The SMILES string of the molecule is COCCNC(=O)c1ccc2nn(CC3CCN(C(=O)c4nc5ccccc5s4)CC3)cc2c1C. The Hall–Kier alpha value is -3.30. The third-order valence-corrected chi connectivity index (χ3v) is 7.69. The number of piperidine rings is 1. The van der Waals surface area contributed by atoms with Crippen LogP contribution < -0.4 is 5.32 Å². The van der Waals surface area contributed by atoms with Crippen LogP contribution in [0.1, 0.15) is 38.6 Å². The number of aryl methyl sites for hydroxylation is 1. The number of hydrogen-bond acceptors (Lipinski definition) is 6. The molecule has 1 saturated heterocycles. The van der Waals surface area contributed by atoms with Crippen molar-refractivity contribution in [2.24, 2.45) is 5.92 Å². The molecule has 3 heterocycles. The van der Waals surface area contributed by atoms with Gasteiger partial charge in [-0.2, -0.15) is 5.10 Å². The lowest BCUT2D eigenvalue weighted by Gasteiger charge is -2.31. The summed E-state index contributed by atoms with van der Waals surface area (Å²) in [6.07, 6.45) is 3.90. The predicted molar refractivity (Wildman–Crippen MR) is 137 cm³/mol. The lowest BCUT2D eigenvalue weighted by molar-refractivity contribution is 0.0681. The number of thiazole rings is 1. The fourth-order valence-corrected chi connectivity index (χ4v) is 5.60. The third-order valence-electron chi connectivity index (χ3n) is 6.67. The summed E-state index contributed by atoms with van der Waals surface area (Å²) in [5.74, 6) is 0.377. The van der Waals surface area contributed by atoms with Gasteiger partial charge in [-0.15, -0.1) is 11.3 Å². The molecule has 9 heteroatoms. The summed E-state index contributed by atoms with van der Waals surface area (Å²) in [4.78, 5) is 31.9. The standard InChI is InChI=1S/C26H29N5O3S/c1-17-19(24(32)27-11-14-34-2)7-8-21-20(17)16-31(29-21)15-18-9-12-30(13-10-18)26(33)25-28-22-5-3-4-6-23(22)35-25/h3-8,16,18H,9-15H2,1-2H3,(H,27,32). The zero-order chi connectivity index (χ0) is 24.4. The van der Waals surface area contributed by atoms with Gasteiger partial charge in [0.1, 0.15) is 0 Å². The summed E-state index contributed by atoms with van der Waals surface area (Å²) in [6, 6.07) is 11.6. The van der Waals surface area contributed by atoms with E-state index in [1.165, 1.54) is 11.3 Å². The minimum atomic E-state index is -0.0978. The van der Waals surface area contributed by atoms with Gasteiger partial charge in [0.15, 0.2) is 5.01 Å². The van der Waals surface area contributed by atoms with Crippen LogP contribution in [0.5, 0.6) is 0 Å². The van der Waals surface area contributed by atoms with E-state index in [1.807, 2.05) is 59.1 Å². The van der Waals surface area contributed by atoms with Crippen LogP contribution >= 0.6 is 11.3 Å². The molecule has 2 aromatic heterocycles. The minimum Gasteiger partial charge on any atom is -0.383 e. The average Bonchev–Trinajstić information content (AvgIpc) is 3.49. The highest BCUT2D eigenvalue weighted by molar-refractivity contribution is 7.20. The van der Waals surface area contributed by atoms with Crippen molar-refractivity contribution in [2.75, 3.05) is 33.4 Å². The summed E-state index contributed by atoms with van der Waals surface area (Å²) in [6.45, 7) is 5.18. The van der Waals surface area contributed by atoms with Gasteiger partial charge >= 0.3 is 0 Å². The quantitative estimate of drug-likeness (QED) is 0.396. The van der Waals surface area contributed by atoms with E-state index >= 15 is 0 Å². The van der Waals surface area contributed by atoms with Crippen molar-refractivity contribution in [3.05, 3.63) is 58.7 Å². The molecule has 1 N–H and O–H groups in total. The smallest absolute Gasteiger partial charge is 0.282 e. The number of likely N-dealkylation sites (tertiary alicyclic amines) is 1. The van der Waals surface area contributed by atoms with Crippen LogP contribution in [0.3, 0.4) is 0 Å². The molecule has 0 unspecified atom stereocenters. The second-order valence-corrected chi connectivity index (χ2v) is 10.0. The maximum absolute atomic E-state index is 13.0. The predicted octanol–water partition coefficient (Wildman–Crippen LogP) is 3.88. The Bertz CT molecular complexity index is 1340. The number of para-hydroxylation sites is 1. The van der Waals surface area contributed by atoms with Crippen molar-refractivity contribution >= 4 is 44.3 Å². The lowest BCUT2D eigenvalue weighted by atomic mass is 9.97. The molecular formula is C26H29N5O3S. The minimum absolute atomic E-state index is 0.0291. The number of benzene rings is 2. The highest BCUT2D eigenvalue weighted by Crippen LogP contribution is 2.27. The normalized spacial score (nSPS) is 14.6. The molecule has 0 saturated carbocycles. The van der Waals surface area contributed by atoms with Gasteiger partial charge in [-0.1, -0.05) is 12.1 Å². The Balaban J connectivity index is 1.21. The van der Waals surface area contributed by atoms with Crippen LogP contribution in [0.2, 0.25) is 0 Å². The number of rotatable bonds is 7. The van der Waals surface area contributed by atoms with Crippen LogP contribution in [-0.2, 0) is 11.3 Å². The molecular weight excluding hydrogens is 462 g/mol. The van der Waals surface area contributed by atoms with E-state index in [1.54, 1.807) is 7.11 Å². The van der Waals surface area contributed by atoms with E-state index in [4.69, 9.17) is 9.84 Å². The average molecular weight is 492 g/mol. The number of hydrogen-bond donors (Lipinski definition) is 1. The molecule has 0 atom stereocenters. The van der Waals surface area contributed by atoms with Crippen molar-refractivity contribution in [3.8, 4) is 0 Å². The number of amides is 2.